The van der Waals surface area contributed by atoms with Gasteiger partial charge >= 0.3 is 18.3 Å². The zero-order valence-electron chi connectivity index (χ0n) is 20.4. The molecule has 3 N–H and O–H groups in total. The number of alkyl halides is 2. The van der Waals surface area contributed by atoms with E-state index in [1.807, 2.05) is 0 Å². The van der Waals surface area contributed by atoms with E-state index in [4.69, 9.17) is 53.5 Å². The number of hydrogen-bond donors (Lipinski definition) is 3. The molecule has 1 aromatic heterocycles. The third-order valence-corrected chi connectivity index (χ3v) is 8.53. The number of halogens is 2. The van der Waals surface area contributed by atoms with E-state index in [2.05, 4.69) is 10.1 Å². The van der Waals surface area contributed by atoms with Crippen LogP contribution in [0.4, 0.5) is 0 Å². The molecule has 0 aliphatic carbocycles. The number of carbonyl (C=O) groups is 1. The predicted octanol–water partition coefficient (Wildman–Crippen LogP) is 2.53. The second-order valence-electron chi connectivity index (χ2n) is 8.66. The number of carbonyl (C=O) groups excluding carboxylic acids is 1. The van der Waals surface area contributed by atoms with Crippen molar-refractivity contribution in [3.8, 4) is 5.75 Å². The van der Waals surface area contributed by atoms with Crippen LogP contribution in [-0.2, 0) is 30.6 Å². The number of benzene rings is 1. The van der Waals surface area contributed by atoms with Crippen LogP contribution >= 0.6 is 29.8 Å². The molecule has 37 heavy (non-hydrogen) atoms. The van der Waals surface area contributed by atoms with Crippen LogP contribution in [0.2, 0.25) is 0 Å². The van der Waals surface area contributed by atoms with Crippen molar-refractivity contribution < 1.29 is 28.4 Å². The first-order valence-corrected chi connectivity index (χ1v) is 14.6. The summed E-state index contributed by atoms with van der Waals surface area (Å²) in [5.74, 6) is -0.178. The Labute approximate surface area is 228 Å². The smallest absolute Gasteiger partial charge is 0.330 e. The number of aryl methyl sites for hydroxylation is 1. The zero-order chi connectivity index (χ0) is 27.5. The first kappa shape index (κ1) is 29.8. The largest absolute Gasteiger partial charge is 0.462 e. The van der Waals surface area contributed by atoms with E-state index in [0.717, 1.165) is 4.57 Å². The summed E-state index contributed by atoms with van der Waals surface area (Å²) in [5, 5.41) is 13.7. The number of esters is 1. The Morgan fingerprint density at radius 2 is 1.95 bits per heavy atom. The standard InChI is InChI=1S/C22H28Cl2N3O8PS/c1-12(2)33-19(30)14(4)26-36(37,35-15-8-6-5-7-9-15)32-11-16-17(28)22(23,24)20(34-16)27-10-13(3)18(29)25-21(27)31/h5-10,12,14,16-17,20,28H,11H2,1-4H3,(H,26,37)(H,25,29,31)/t14-,16-,17-,20-,36-/m1/s1. The number of nitrogens with zero attached hydrogens (tertiary/aromatic N) is 1. The van der Waals surface area contributed by atoms with Crippen molar-refractivity contribution in [2.24, 2.45) is 0 Å². The molecular weight excluding hydrogens is 568 g/mol. The minimum atomic E-state index is -3.44. The summed E-state index contributed by atoms with van der Waals surface area (Å²) in [4.78, 5) is 38.6. The summed E-state index contributed by atoms with van der Waals surface area (Å²) in [6.07, 6.45) is -3.15. The van der Waals surface area contributed by atoms with Gasteiger partial charge in [0.15, 0.2) is 10.6 Å². The van der Waals surface area contributed by atoms with Gasteiger partial charge in [-0.3, -0.25) is 19.1 Å². The van der Waals surface area contributed by atoms with E-state index in [0.29, 0.717) is 5.75 Å². The highest BCUT2D eigenvalue weighted by Crippen LogP contribution is 2.49. The minimum absolute atomic E-state index is 0.208. The maximum absolute atomic E-state index is 12.4. The maximum Gasteiger partial charge on any atom is 0.330 e. The lowest BCUT2D eigenvalue weighted by molar-refractivity contribution is -0.149. The molecule has 1 aliphatic rings. The Balaban J connectivity index is 1.82. The lowest BCUT2D eigenvalue weighted by Gasteiger charge is -2.28. The van der Waals surface area contributed by atoms with E-state index in [1.165, 1.54) is 13.1 Å². The number of H-pyrrole nitrogens is 1. The lowest BCUT2D eigenvalue weighted by Crippen LogP contribution is -2.42. The molecule has 1 aliphatic heterocycles. The quantitative estimate of drug-likeness (QED) is 0.213. The van der Waals surface area contributed by atoms with Crippen molar-refractivity contribution in [2.75, 3.05) is 6.61 Å². The van der Waals surface area contributed by atoms with Crippen molar-refractivity contribution in [2.45, 2.75) is 62.6 Å². The number of nitrogens with one attached hydrogen (secondary N) is 2. The predicted molar refractivity (Wildman–Crippen MR) is 142 cm³/mol. The van der Waals surface area contributed by atoms with Gasteiger partial charge in [0, 0.05) is 11.8 Å². The zero-order valence-corrected chi connectivity index (χ0v) is 23.6. The van der Waals surface area contributed by atoms with Crippen molar-refractivity contribution >= 4 is 47.6 Å². The molecule has 2 heterocycles. The molecule has 0 saturated carbocycles. The van der Waals surface area contributed by atoms with Crippen molar-refractivity contribution in [3.05, 3.63) is 62.9 Å². The molecule has 0 bridgehead atoms. The number of para-hydroxylation sites is 1. The Morgan fingerprint density at radius 3 is 2.57 bits per heavy atom. The minimum Gasteiger partial charge on any atom is -0.462 e. The molecule has 1 saturated heterocycles. The summed E-state index contributed by atoms with van der Waals surface area (Å²) in [6, 6.07) is 7.69. The van der Waals surface area contributed by atoms with Crippen molar-refractivity contribution in [3.63, 3.8) is 0 Å². The van der Waals surface area contributed by atoms with Gasteiger partial charge in [0.1, 0.15) is 24.0 Å². The van der Waals surface area contributed by atoms with E-state index in [-0.39, 0.29) is 18.3 Å². The topological polar surface area (TPSA) is 141 Å². The second-order valence-corrected chi connectivity index (χ2v) is 13.2. The number of aliphatic hydroxyl groups is 1. The van der Waals surface area contributed by atoms with Gasteiger partial charge in [-0.15, -0.1) is 0 Å². The summed E-state index contributed by atoms with van der Waals surface area (Å²) < 4.78 is 21.9. The lowest BCUT2D eigenvalue weighted by atomic mass is 10.1. The number of aliphatic hydroxyl groups excluding tert-OH is 1. The van der Waals surface area contributed by atoms with Crippen LogP contribution in [0, 0.1) is 6.92 Å². The normalized spacial score (nSPS) is 23.4. The molecule has 0 spiro atoms. The summed E-state index contributed by atoms with van der Waals surface area (Å²) >= 11 is 18.4. The van der Waals surface area contributed by atoms with Gasteiger partial charge in [0.25, 0.3) is 5.56 Å². The fraction of sp³-hybridized carbons (Fsp3) is 0.500. The van der Waals surface area contributed by atoms with E-state index in [1.54, 1.807) is 51.1 Å². The summed E-state index contributed by atoms with van der Waals surface area (Å²) in [5.41, 5.74) is -1.19. The Bertz CT molecular complexity index is 1270. The number of aromatic amines is 1. The van der Waals surface area contributed by atoms with Gasteiger partial charge in [0.05, 0.1) is 12.7 Å². The Morgan fingerprint density at radius 1 is 1.30 bits per heavy atom. The molecule has 0 radical (unpaired) electrons. The average Bonchev–Trinajstić information content (AvgIpc) is 3.03. The van der Waals surface area contributed by atoms with Crippen LogP contribution in [0.25, 0.3) is 0 Å². The molecule has 15 heteroatoms. The number of rotatable bonds is 10. The first-order chi connectivity index (χ1) is 17.2. The molecule has 1 fully saturated rings. The molecule has 0 amide bonds. The highest BCUT2D eigenvalue weighted by Gasteiger charge is 2.56. The molecule has 5 atom stereocenters. The summed E-state index contributed by atoms with van der Waals surface area (Å²) in [6.45, 7) is 2.66. The van der Waals surface area contributed by atoms with Crippen LogP contribution < -0.4 is 20.9 Å². The van der Waals surface area contributed by atoms with Gasteiger partial charge < -0.3 is 23.6 Å². The van der Waals surface area contributed by atoms with Gasteiger partial charge in [-0.05, 0) is 51.6 Å². The first-order valence-electron chi connectivity index (χ1n) is 11.2. The highest BCUT2D eigenvalue weighted by molar-refractivity contribution is 8.09. The SMILES string of the molecule is Cc1cn([C@@H]2O[C@H](CO[P@](=S)(N[C@H](C)C(=O)OC(C)C)Oc3ccccc3)[C@@H](O)C2(Cl)Cl)c(=O)[nH]c1=O. The van der Waals surface area contributed by atoms with Gasteiger partial charge in [-0.25, -0.2) is 9.88 Å². The summed E-state index contributed by atoms with van der Waals surface area (Å²) in [7, 11) is 0. The highest BCUT2D eigenvalue weighted by atomic mass is 35.5. The van der Waals surface area contributed by atoms with E-state index in [9.17, 15) is 19.5 Å². The Kier molecular flexibility index (Phi) is 9.63. The van der Waals surface area contributed by atoms with Gasteiger partial charge in [-0.1, -0.05) is 41.4 Å². The van der Waals surface area contributed by atoms with Crippen LogP contribution in [-0.4, -0.2) is 55.9 Å². The van der Waals surface area contributed by atoms with E-state index < -0.39 is 52.7 Å². The molecule has 1 aromatic carbocycles. The van der Waals surface area contributed by atoms with Crippen LogP contribution in [0.15, 0.2) is 46.1 Å². The fourth-order valence-corrected chi connectivity index (χ4v) is 6.38. The average molecular weight is 596 g/mol. The maximum atomic E-state index is 12.4. The molecule has 2 aromatic rings. The number of aromatic nitrogens is 2. The van der Waals surface area contributed by atoms with Gasteiger partial charge in [0.2, 0.25) is 0 Å². The molecule has 0 unspecified atom stereocenters. The molecule has 11 nitrogen and oxygen atoms in total. The van der Waals surface area contributed by atoms with Crippen LogP contribution in [0.3, 0.4) is 0 Å². The van der Waals surface area contributed by atoms with Crippen LogP contribution in [0.1, 0.15) is 32.6 Å². The third kappa shape index (κ3) is 7.21. The monoisotopic (exact) mass is 595 g/mol. The number of hydrogen-bond acceptors (Lipinski definition) is 9. The fourth-order valence-electron chi connectivity index (χ4n) is 3.37. The van der Waals surface area contributed by atoms with Crippen molar-refractivity contribution in [1.29, 1.82) is 0 Å². The molecule has 204 valence electrons. The number of ether oxygens (including phenoxy) is 2. The third-order valence-electron chi connectivity index (χ3n) is 5.21. The second kappa shape index (κ2) is 12.0. The molecular formula is C22H28Cl2N3O8PS. The van der Waals surface area contributed by atoms with Crippen LogP contribution in [0.5, 0.6) is 5.75 Å². The van der Waals surface area contributed by atoms with Gasteiger partial charge in [-0.2, -0.15) is 0 Å². The Hall–Kier alpha value is -1.76. The van der Waals surface area contributed by atoms with Crippen molar-refractivity contribution in [1.82, 2.24) is 14.6 Å². The molecule has 3 rings (SSSR count). The van der Waals surface area contributed by atoms with E-state index >= 15 is 0 Å².